The monoisotopic (exact) mass is 448 g/mol. The fraction of sp³-hybridized carbons (Fsp3) is 0.158. The number of rotatable bonds is 9. The SMILES string of the molecule is COc1cc(Nc2ncc(F)c(Nc3ccccc3NS(=O)[O-])n2)cc(OC)c1OC. The topological polar surface area (TPSA) is 130 Å². The van der Waals surface area contributed by atoms with Crippen LogP contribution in [0.15, 0.2) is 42.6 Å². The van der Waals surface area contributed by atoms with Gasteiger partial charge in [-0.2, -0.15) is 4.98 Å². The molecule has 0 saturated carbocycles. The number of hydrogen-bond acceptors (Lipinski definition) is 9. The highest BCUT2D eigenvalue weighted by atomic mass is 32.2. The molecular formula is C19H19FN5O5S-. The van der Waals surface area contributed by atoms with Crippen LogP contribution in [0.4, 0.5) is 33.2 Å². The van der Waals surface area contributed by atoms with Gasteiger partial charge in [0.25, 0.3) is 0 Å². The third-order valence-electron chi connectivity index (χ3n) is 4.04. The average Bonchev–Trinajstić information content (AvgIpc) is 2.76. The smallest absolute Gasteiger partial charge is 0.229 e. The zero-order chi connectivity index (χ0) is 22.4. The second kappa shape index (κ2) is 9.91. The maximum absolute atomic E-state index is 14.3. The summed E-state index contributed by atoms with van der Waals surface area (Å²) in [7, 11) is 4.46. The molecule has 0 saturated heterocycles. The van der Waals surface area contributed by atoms with Crippen molar-refractivity contribution in [2.45, 2.75) is 0 Å². The van der Waals surface area contributed by atoms with Gasteiger partial charge in [-0.25, -0.2) is 9.37 Å². The van der Waals surface area contributed by atoms with E-state index in [-0.39, 0.29) is 17.5 Å². The molecule has 3 N–H and O–H groups in total. The minimum absolute atomic E-state index is 0.0796. The van der Waals surface area contributed by atoms with Gasteiger partial charge >= 0.3 is 0 Å². The molecule has 0 spiro atoms. The van der Waals surface area contributed by atoms with E-state index in [0.717, 1.165) is 6.20 Å². The van der Waals surface area contributed by atoms with Crippen molar-refractivity contribution in [2.75, 3.05) is 36.7 Å². The molecule has 0 bridgehead atoms. The first-order valence-electron chi connectivity index (χ1n) is 8.76. The van der Waals surface area contributed by atoms with Crippen LogP contribution in [-0.2, 0) is 11.3 Å². The maximum atomic E-state index is 14.3. The summed E-state index contributed by atoms with van der Waals surface area (Å²) in [6.45, 7) is 0. The summed E-state index contributed by atoms with van der Waals surface area (Å²) in [5.41, 5.74) is 1.05. The quantitative estimate of drug-likeness (QED) is 0.422. The molecule has 1 heterocycles. The lowest BCUT2D eigenvalue weighted by Crippen LogP contribution is -2.07. The molecule has 0 fully saturated rings. The summed E-state index contributed by atoms with van der Waals surface area (Å²) in [4.78, 5) is 8.07. The second-order valence-electron chi connectivity index (χ2n) is 5.94. The summed E-state index contributed by atoms with van der Waals surface area (Å²) < 4.78 is 54.4. The normalized spacial score (nSPS) is 11.4. The number of ether oxygens (including phenoxy) is 3. The Morgan fingerprint density at radius 1 is 1.00 bits per heavy atom. The molecule has 3 rings (SSSR count). The Morgan fingerprint density at radius 3 is 2.23 bits per heavy atom. The summed E-state index contributed by atoms with van der Waals surface area (Å²) in [6.07, 6.45) is 0.984. The number of benzene rings is 2. The number of methoxy groups -OCH3 is 3. The zero-order valence-corrected chi connectivity index (χ0v) is 17.6. The zero-order valence-electron chi connectivity index (χ0n) is 16.8. The number of anilines is 5. The molecule has 12 heteroatoms. The molecule has 2 aromatic carbocycles. The van der Waals surface area contributed by atoms with E-state index < -0.39 is 17.1 Å². The molecule has 164 valence electrons. The van der Waals surface area contributed by atoms with E-state index in [4.69, 9.17) is 14.2 Å². The first-order valence-corrected chi connectivity index (χ1v) is 9.84. The predicted octanol–water partition coefficient (Wildman–Crippen LogP) is 3.33. The summed E-state index contributed by atoms with van der Waals surface area (Å²) in [5.74, 6) is 0.434. The van der Waals surface area contributed by atoms with Crippen molar-refractivity contribution in [3.63, 3.8) is 0 Å². The summed E-state index contributed by atoms with van der Waals surface area (Å²) in [6, 6.07) is 9.67. The number of aromatic nitrogens is 2. The van der Waals surface area contributed by atoms with Gasteiger partial charge < -0.3 is 34.1 Å². The van der Waals surface area contributed by atoms with Crippen LogP contribution in [0.2, 0.25) is 0 Å². The Balaban J connectivity index is 1.90. The fourth-order valence-corrected chi connectivity index (χ4v) is 3.05. The third-order valence-corrected chi connectivity index (χ3v) is 4.42. The fourth-order valence-electron chi connectivity index (χ4n) is 2.70. The van der Waals surface area contributed by atoms with E-state index in [2.05, 4.69) is 25.3 Å². The van der Waals surface area contributed by atoms with Crippen molar-refractivity contribution in [1.29, 1.82) is 0 Å². The van der Waals surface area contributed by atoms with Crippen molar-refractivity contribution < 1.29 is 27.4 Å². The molecule has 0 aliphatic carbocycles. The molecule has 0 radical (unpaired) electrons. The molecular weight excluding hydrogens is 429 g/mol. The van der Waals surface area contributed by atoms with Crippen LogP contribution in [-0.4, -0.2) is 40.1 Å². The largest absolute Gasteiger partial charge is 0.755 e. The number of nitrogens with one attached hydrogen (secondary N) is 3. The highest BCUT2D eigenvalue weighted by molar-refractivity contribution is 7.80. The van der Waals surface area contributed by atoms with Gasteiger partial charge in [0, 0.05) is 29.1 Å². The van der Waals surface area contributed by atoms with E-state index in [1.165, 1.54) is 27.4 Å². The molecule has 3 aromatic rings. The van der Waals surface area contributed by atoms with Crippen LogP contribution in [0.3, 0.4) is 0 Å². The standard InChI is InChI=1S/C19H20FN5O5S/c1-28-15-8-11(9-16(29-2)17(15)30-3)22-19-21-10-12(20)18(24-19)23-13-6-4-5-7-14(13)25-31(26)27/h4-10,25H,1-3H3,(H,26,27)(H2,21,22,23,24)/p-1. The van der Waals surface area contributed by atoms with Gasteiger partial charge in [0.1, 0.15) is 0 Å². The van der Waals surface area contributed by atoms with Gasteiger partial charge in [-0.05, 0) is 12.1 Å². The third kappa shape index (κ3) is 5.29. The van der Waals surface area contributed by atoms with Crippen molar-refractivity contribution in [1.82, 2.24) is 9.97 Å². The summed E-state index contributed by atoms with van der Waals surface area (Å²) >= 11 is -2.54. The van der Waals surface area contributed by atoms with Crippen LogP contribution < -0.4 is 29.6 Å². The van der Waals surface area contributed by atoms with Crippen LogP contribution in [0.25, 0.3) is 0 Å². The van der Waals surface area contributed by atoms with Crippen molar-refractivity contribution in [3.05, 3.63) is 48.4 Å². The van der Waals surface area contributed by atoms with Crippen LogP contribution in [0.5, 0.6) is 17.2 Å². The Morgan fingerprint density at radius 2 is 1.65 bits per heavy atom. The van der Waals surface area contributed by atoms with Crippen LogP contribution in [0, 0.1) is 5.82 Å². The molecule has 0 amide bonds. The minimum atomic E-state index is -2.54. The van der Waals surface area contributed by atoms with Gasteiger partial charge in [0.2, 0.25) is 11.7 Å². The van der Waals surface area contributed by atoms with E-state index in [1.807, 2.05) is 0 Å². The number of para-hydroxylation sites is 2. The van der Waals surface area contributed by atoms with Crippen molar-refractivity contribution in [2.24, 2.45) is 0 Å². The van der Waals surface area contributed by atoms with Gasteiger partial charge in [-0.3, -0.25) is 4.21 Å². The molecule has 0 aliphatic rings. The molecule has 1 atom stereocenters. The highest BCUT2D eigenvalue weighted by Crippen LogP contribution is 2.40. The van der Waals surface area contributed by atoms with Gasteiger partial charge in [0.15, 0.2) is 23.1 Å². The first kappa shape index (κ1) is 22.1. The van der Waals surface area contributed by atoms with Crippen LogP contribution >= 0.6 is 0 Å². The number of nitrogens with zero attached hydrogens (tertiary/aromatic N) is 2. The Kier molecular flexibility index (Phi) is 7.05. The van der Waals surface area contributed by atoms with Gasteiger partial charge in [-0.1, -0.05) is 12.1 Å². The lowest BCUT2D eigenvalue weighted by atomic mass is 10.2. The van der Waals surface area contributed by atoms with E-state index >= 15 is 0 Å². The van der Waals surface area contributed by atoms with E-state index in [9.17, 15) is 13.2 Å². The molecule has 31 heavy (non-hydrogen) atoms. The molecule has 1 unspecified atom stereocenters. The van der Waals surface area contributed by atoms with Crippen LogP contribution in [0.1, 0.15) is 0 Å². The predicted molar refractivity (Wildman–Crippen MR) is 114 cm³/mol. The van der Waals surface area contributed by atoms with E-state index in [0.29, 0.717) is 28.6 Å². The maximum Gasteiger partial charge on any atom is 0.229 e. The molecule has 1 aromatic heterocycles. The Hall–Kier alpha value is -3.64. The first-order chi connectivity index (χ1) is 14.9. The van der Waals surface area contributed by atoms with Crippen molar-refractivity contribution >= 4 is 40.1 Å². The van der Waals surface area contributed by atoms with E-state index in [1.54, 1.807) is 30.3 Å². The van der Waals surface area contributed by atoms with Crippen molar-refractivity contribution in [3.8, 4) is 17.2 Å². The van der Waals surface area contributed by atoms with Gasteiger partial charge in [0.05, 0.1) is 38.9 Å². The highest BCUT2D eigenvalue weighted by Gasteiger charge is 2.15. The number of hydrogen-bond donors (Lipinski definition) is 3. The lowest BCUT2D eigenvalue weighted by molar-refractivity contribution is 0.324. The second-order valence-corrected chi connectivity index (χ2v) is 6.61. The number of halogens is 1. The molecule has 10 nitrogen and oxygen atoms in total. The minimum Gasteiger partial charge on any atom is -0.755 e. The Bertz CT molecular complexity index is 1080. The lowest BCUT2D eigenvalue weighted by Gasteiger charge is -2.16. The molecule has 0 aliphatic heterocycles. The summed E-state index contributed by atoms with van der Waals surface area (Å²) in [5, 5.41) is 5.71. The Labute approximate surface area is 180 Å². The average molecular weight is 448 g/mol. The van der Waals surface area contributed by atoms with Gasteiger partial charge in [-0.15, -0.1) is 0 Å².